The van der Waals surface area contributed by atoms with Crippen molar-refractivity contribution in [3.8, 4) is 0 Å². The van der Waals surface area contributed by atoms with Crippen LogP contribution in [-0.2, 0) is 5.75 Å². The molecular weight excluding hydrogens is 299 g/mol. The maximum Gasteiger partial charge on any atom is 0.129 e. The predicted molar refractivity (Wildman–Crippen MR) is 73.1 cm³/mol. The fourth-order valence-corrected chi connectivity index (χ4v) is 2.71. The second-order valence-corrected chi connectivity index (χ2v) is 5.31. The predicted octanol–water partition coefficient (Wildman–Crippen LogP) is 4.73. The van der Waals surface area contributed by atoms with Gasteiger partial charge in [-0.25, -0.2) is 9.97 Å². The molecule has 0 atom stereocenters. The van der Waals surface area contributed by atoms with Gasteiger partial charge in [0.25, 0.3) is 0 Å². The Morgan fingerprint density at radius 2 is 1.88 bits per heavy atom. The van der Waals surface area contributed by atoms with Gasteiger partial charge in [0.15, 0.2) is 0 Å². The number of hydrogen-bond donors (Lipinski definition) is 0. The highest BCUT2D eigenvalue weighted by Gasteiger charge is 2.07. The molecule has 2 rings (SSSR count). The van der Waals surface area contributed by atoms with Crippen LogP contribution in [0.25, 0.3) is 0 Å². The number of thioether (sulfide) groups is 1. The second-order valence-electron chi connectivity index (χ2n) is 3.14. The average Bonchev–Trinajstić information content (AvgIpc) is 2.32. The molecular formula is C11H7Cl3N2S. The van der Waals surface area contributed by atoms with E-state index in [9.17, 15) is 0 Å². The summed E-state index contributed by atoms with van der Waals surface area (Å²) in [4.78, 5) is 8.33. The summed E-state index contributed by atoms with van der Waals surface area (Å²) in [5, 5.41) is 2.40. The Labute approximate surface area is 118 Å². The molecule has 6 heteroatoms. The van der Waals surface area contributed by atoms with E-state index in [2.05, 4.69) is 9.97 Å². The molecule has 2 nitrogen and oxygen atoms in total. The molecule has 0 amide bonds. The van der Waals surface area contributed by atoms with Crippen LogP contribution in [0.3, 0.4) is 0 Å². The molecule has 2 aromatic rings. The molecule has 0 radical (unpaired) electrons. The van der Waals surface area contributed by atoms with Gasteiger partial charge in [-0.1, -0.05) is 46.6 Å². The first-order chi connectivity index (χ1) is 8.16. The molecule has 2 heterocycles. The van der Waals surface area contributed by atoms with Crippen LogP contribution in [0.5, 0.6) is 0 Å². The summed E-state index contributed by atoms with van der Waals surface area (Å²) < 4.78 is 0. The van der Waals surface area contributed by atoms with E-state index in [1.54, 1.807) is 30.5 Å². The number of rotatable bonds is 3. The van der Waals surface area contributed by atoms with Crippen LogP contribution < -0.4 is 0 Å². The number of aromatic nitrogens is 2. The van der Waals surface area contributed by atoms with Crippen molar-refractivity contribution in [2.75, 3.05) is 0 Å². The molecule has 0 bridgehead atoms. The van der Waals surface area contributed by atoms with E-state index >= 15 is 0 Å². The SMILES string of the molecule is Clc1ccc(Cl)c(CSc2ncccc2Cl)n1. The van der Waals surface area contributed by atoms with Gasteiger partial charge in [-0.05, 0) is 24.3 Å². The lowest BCUT2D eigenvalue weighted by molar-refractivity contribution is 1.12. The molecule has 0 aliphatic carbocycles. The Kier molecular flexibility index (Phi) is 4.51. The molecule has 2 aromatic heterocycles. The van der Waals surface area contributed by atoms with E-state index in [1.165, 1.54) is 11.8 Å². The number of halogens is 3. The summed E-state index contributed by atoms with van der Waals surface area (Å²) in [6.45, 7) is 0. The highest BCUT2D eigenvalue weighted by atomic mass is 35.5. The molecule has 0 unspecified atom stereocenters. The highest BCUT2D eigenvalue weighted by Crippen LogP contribution is 2.29. The van der Waals surface area contributed by atoms with Crippen LogP contribution >= 0.6 is 46.6 Å². The first-order valence-electron chi connectivity index (χ1n) is 4.71. The number of pyridine rings is 2. The summed E-state index contributed by atoms with van der Waals surface area (Å²) >= 11 is 19.3. The Morgan fingerprint density at radius 3 is 2.65 bits per heavy atom. The maximum absolute atomic E-state index is 6.01. The van der Waals surface area contributed by atoms with E-state index in [1.807, 2.05) is 0 Å². The van der Waals surface area contributed by atoms with Crippen molar-refractivity contribution in [3.05, 3.63) is 51.4 Å². The van der Waals surface area contributed by atoms with Crippen LogP contribution in [-0.4, -0.2) is 9.97 Å². The zero-order valence-electron chi connectivity index (χ0n) is 8.53. The Bertz CT molecular complexity index is 534. The third-order valence-corrected chi connectivity index (χ3v) is 3.94. The van der Waals surface area contributed by atoms with E-state index in [-0.39, 0.29) is 0 Å². The lowest BCUT2D eigenvalue weighted by atomic mass is 10.4. The van der Waals surface area contributed by atoms with Crippen molar-refractivity contribution in [3.63, 3.8) is 0 Å². The minimum absolute atomic E-state index is 0.428. The fourth-order valence-electron chi connectivity index (χ4n) is 1.17. The Morgan fingerprint density at radius 1 is 1.06 bits per heavy atom. The van der Waals surface area contributed by atoms with Gasteiger partial charge in [-0.3, -0.25) is 0 Å². The maximum atomic E-state index is 6.01. The molecule has 0 aliphatic heterocycles. The van der Waals surface area contributed by atoms with Crippen molar-refractivity contribution < 1.29 is 0 Å². The fraction of sp³-hybridized carbons (Fsp3) is 0.0909. The summed E-state index contributed by atoms with van der Waals surface area (Å²) in [6.07, 6.45) is 1.70. The zero-order valence-corrected chi connectivity index (χ0v) is 11.6. The summed E-state index contributed by atoms with van der Waals surface area (Å²) in [6, 6.07) is 6.97. The normalized spacial score (nSPS) is 10.5. The minimum Gasteiger partial charge on any atom is -0.248 e. The van der Waals surface area contributed by atoms with E-state index < -0.39 is 0 Å². The summed E-state index contributed by atoms with van der Waals surface area (Å²) in [5.74, 6) is 0.579. The van der Waals surface area contributed by atoms with Gasteiger partial charge in [0.05, 0.1) is 15.7 Å². The molecule has 0 N–H and O–H groups in total. The third-order valence-electron chi connectivity index (χ3n) is 1.95. The third kappa shape index (κ3) is 3.49. The van der Waals surface area contributed by atoms with Crippen LogP contribution in [0.15, 0.2) is 35.5 Å². The standard InChI is InChI=1S/C11H7Cl3N2S/c12-7-3-4-10(14)16-9(7)6-17-11-8(13)2-1-5-15-11/h1-5H,6H2. The summed E-state index contributed by atoms with van der Waals surface area (Å²) in [5.41, 5.74) is 0.728. The Balaban J connectivity index is 2.12. The molecule has 0 aliphatic rings. The minimum atomic E-state index is 0.428. The molecule has 17 heavy (non-hydrogen) atoms. The molecule has 0 spiro atoms. The second kappa shape index (κ2) is 5.91. The smallest absolute Gasteiger partial charge is 0.129 e. The van der Waals surface area contributed by atoms with Gasteiger partial charge in [0, 0.05) is 11.9 Å². The molecule has 0 saturated carbocycles. The van der Waals surface area contributed by atoms with Crippen molar-refractivity contribution >= 4 is 46.6 Å². The lowest BCUT2D eigenvalue weighted by Gasteiger charge is -2.04. The van der Waals surface area contributed by atoms with Crippen molar-refractivity contribution in [2.24, 2.45) is 0 Å². The topological polar surface area (TPSA) is 25.8 Å². The lowest BCUT2D eigenvalue weighted by Crippen LogP contribution is -1.90. The first-order valence-corrected chi connectivity index (χ1v) is 6.83. The van der Waals surface area contributed by atoms with Crippen LogP contribution in [0.2, 0.25) is 15.2 Å². The van der Waals surface area contributed by atoms with Crippen LogP contribution in [0.1, 0.15) is 5.69 Å². The van der Waals surface area contributed by atoms with Crippen molar-refractivity contribution in [1.82, 2.24) is 9.97 Å². The molecule has 0 fully saturated rings. The molecule has 0 saturated heterocycles. The van der Waals surface area contributed by atoms with Gasteiger partial charge in [-0.15, -0.1) is 0 Å². The van der Waals surface area contributed by atoms with Gasteiger partial charge in [-0.2, -0.15) is 0 Å². The van der Waals surface area contributed by atoms with Crippen LogP contribution in [0.4, 0.5) is 0 Å². The van der Waals surface area contributed by atoms with Crippen molar-refractivity contribution in [1.29, 1.82) is 0 Å². The highest BCUT2D eigenvalue weighted by molar-refractivity contribution is 7.98. The van der Waals surface area contributed by atoms with E-state index in [0.29, 0.717) is 21.0 Å². The first kappa shape index (κ1) is 13.0. The average molecular weight is 306 g/mol. The summed E-state index contributed by atoms with van der Waals surface area (Å²) in [7, 11) is 0. The van der Waals surface area contributed by atoms with Gasteiger partial charge < -0.3 is 0 Å². The largest absolute Gasteiger partial charge is 0.248 e. The quantitative estimate of drug-likeness (QED) is 0.605. The van der Waals surface area contributed by atoms with E-state index in [0.717, 1.165) is 10.7 Å². The Hall–Kier alpha value is -0.480. The van der Waals surface area contributed by atoms with Gasteiger partial charge in [0.1, 0.15) is 10.2 Å². The molecule has 0 aromatic carbocycles. The number of hydrogen-bond acceptors (Lipinski definition) is 3. The van der Waals surface area contributed by atoms with Gasteiger partial charge >= 0.3 is 0 Å². The molecule has 88 valence electrons. The van der Waals surface area contributed by atoms with Crippen LogP contribution in [0, 0.1) is 0 Å². The van der Waals surface area contributed by atoms with Gasteiger partial charge in [0.2, 0.25) is 0 Å². The zero-order chi connectivity index (χ0) is 12.3. The number of nitrogens with zero attached hydrogens (tertiary/aromatic N) is 2. The monoisotopic (exact) mass is 304 g/mol. The van der Waals surface area contributed by atoms with E-state index in [4.69, 9.17) is 34.8 Å². The van der Waals surface area contributed by atoms with Crippen molar-refractivity contribution in [2.45, 2.75) is 10.8 Å².